The van der Waals surface area contributed by atoms with Crippen molar-refractivity contribution in [3.63, 3.8) is 0 Å². The SMILES string of the molecule is Cc1cc(N(C)c2ccc(C)c(C)c2C)ncc1N. The van der Waals surface area contributed by atoms with Crippen LogP contribution in [0.3, 0.4) is 0 Å². The number of anilines is 3. The molecule has 2 rings (SSSR count). The van der Waals surface area contributed by atoms with Gasteiger partial charge in [-0.05, 0) is 62.1 Å². The van der Waals surface area contributed by atoms with Gasteiger partial charge in [0.1, 0.15) is 5.82 Å². The number of aromatic nitrogens is 1. The molecule has 0 aliphatic rings. The molecule has 1 aromatic carbocycles. The van der Waals surface area contributed by atoms with Crippen LogP contribution in [0, 0.1) is 27.7 Å². The Labute approximate surface area is 115 Å². The number of hydrogen-bond acceptors (Lipinski definition) is 3. The van der Waals surface area contributed by atoms with Crippen molar-refractivity contribution in [1.29, 1.82) is 0 Å². The van der Waals surface area contributed by atoms with Gasteiger partial charge >= 0.3 is 0 Å². The fraction of sp³-hybridized carbons (Fsp3) is 0.312. The molecule has 3 nitrogen and oxygen atoms in total. The molecule has 19 heavy (non-hydrogen) atoms. The normalized spacial score (nSPS) is 10.6. The number of aryl methyl sites for hydroxylation is 2. The predicted octanol–water partition coefficient (Wildman–Crippen LogP) is 3.67. The van der Waals surface area contributed by atoms with Crippen molar-refractivity contribution in [3.8, 4) is 0 Å². The lowest BCUT2D eigenvalue weighted by molar-refractivity contribution is 1.10. The van der Waals surface area contributed by atoms with E-state index in [1.807, 2.05) is 20.0 Å². The monoisotopic (exact) mass is 255 g/mol. The van der Waals surface area contributed by atoms with Crippen molar-refractivity contribution >= 4 is 17.2 Å². The average Bonchev–Trinajstić information content (AvgIpc) is 2.39. The highest BCUT2D eigenvalue weighted by atomic mass is 15.2. The van der Waals surface area contributed by atoms with Crippen molar-refractivity contribution < 1.29 is 0 Å². The topological polar surface area (TPSA) is 42.2 Å². The van der Waals surface area contributed by atoms with Crippen LogP contribution in [0.4, 0.5) is 17.2 Å². The minimum Gasteiger partial charge on any atom is -0.397 e. The van der Waals surface area contributed by atoms with Crippen LogP contribution >= 0.6 is 0 Å². The lowest BCUT2D eigenvalue weighted by Crippen LogP contribution is -2.13. The van der Waals surface area contributed by atoms with Gasteiger partial charge < -0.3 is 10.6 Å². The van der Waals surface area contributed by atoms with Gasteiger partial charge in [0.25, 0.3) is 0 Å². The summed E-state index contributed by atoms with van der Waals surface area (Å²) in [5.41, 5.74) is 12.7. The first-order valence-corrected chi connectivity index (χ1v) is 6.44. The number of nitrogens with zero attached hydrogens (tertiary/aromatic N) is 2. The van der Waals surface area contributed by atoms with Crippen molar-refractivity contribution in [2.75, 3.05) is 17.7 Å². The molecule has 0 saturated carbocycles. The molecular weight excluding hydrogens is 234 g/mol. The first-order chi connectivity index (χ1) is 8.91. The van der Waals surface area contributed by atoms with E-state index in [1.54, 1.807) is 6.20 Å². The molecule has 0 fully saturated rings. The summed E-state index contributed by atoms with van der Waals surface area (Å²) >= 11 is 0. The first kappa shape index (κ1) is 13.4. The second-order valence-electron chi connectivity index (χ2n) is 5.11. The third-order valence-corrected chi connectivity index (χ3v) is 3.87. The number of hydrogen-bond donors (Lipinski definition) is 1. The summed E-state index contributed by atoms with van der Waals surface area (Å²) < 4.78 is 0. The average molecular weight is 255 g/mol. The molecule has 0 aliphatic carbocycles. The first-order valence-electron chi connectivity index (χ1n) is 6.44. The molecule has 0 unspecified atom stereocenters. The maximum atomic E-state index is 5.82. The van der Waals surface area contributed by atoms with E-state index in [4.69, 9.17) is 5.73 Å². The third-order valence-electron chi connectivity index (χ3n) is 3.87. The Morgan fingerprint density at radius 3 is 2.32 bits per heavy atom. The molecule has 2 aromatic rings. The third kappa shape index (κ3) is 2.41. The molecule has 0 aliphatic heterocycles. The number of rotatable bonds is 2. The van der Waals surface area contributed by atoms with Gasteiger partial charge in [0, 0.05) is 12.7 Å². The van der Waals surface area contributed by atoms with Gasteiger partial charge in [0.15, 0.2) is 0 Å². The van der Waals surface area contributed by atoms with E-state index >= 15 is 0 Å². The lowest BCUT2D eigenvalue weighted by atomic mass is 10.0. The fourth-order valence-electron chi connectivity index (χ4n) is 2.16. The van der Waals surface area contributed by atoms with Gasteiger partial charge in [-0.15, -0.1) is 0 Å². The van der Waals surface area contributed by atoms with E-state index in [0.29, 0.717) is 0 Å². The van der Waals surface area contributed by atoms with E-state index < -0.39 is 0 Å². The summed E-state index contributed by atoms with van der Waals surface area (Å²) in [5.74, 6) is 0.915. The summed E-state index contributed by atoms with van der Waals surface area (Å²) in [6.45, 7) is 8.45. The Bertz CT molecular complexity index is 618. The zero-order chi connectivity index (χ0) is 14.2. The summed E-state index contributed by atoms with van der Waals surface area (Å²) in [4.78, 5) is 6.51. The highest BCUT2D eigenvalue weighted by molar-refractivity contribution is 5.67. The van der Waals surface area contributed by atoms with E-state index in [1.165, 1.54) is 22.4 Å². The summed E-state index contributed by atoms with van der Waals surface area (Å²) in [5, 5.41) is 0. The summed E-state index contributed by atoms with van der Waals surface area (Å²) in [6.07, 6.45) is 1.72. The second kappa shape index (κ2) is 4.92. The maximum Gasteiger partial charge on any atom is 0.133 e. The smallest absolute Gasteiger partial charge is 0.133 e. The molecule has 2 N–H and O–H groups in total. The van der Waals surface area contributed by atoms with E-state index in [2.05, 4.69) is 42.8 Å². The van der Waals surface area contributed by atoms with Crippen LogP contribution in [-0.2, 0) is 0 Å². The van der Waals surface area contributed by atoms with Crippen molar-refractivity contribution in [2.24, 2.45) is 0 Å². The van der Waals surface area contributed by atoms with Crippen LogP contribution in [0.1, 0.15) is 22.3 Å². The van der Waals surface area contributed by atoms with E-state index in [9.17, 15) is 0 Å². The largest absolute Gasteiger partial charge is 0.397 e. The molecule has 0 saturated heterocycles. The molecule has 3 heteroatoms. The Kier molecular flexibility index (Phi) is 3.47. The van der Waals surface area contributed by atoms with Gasteiger partial charge in [-0.1, -0.05) is 6.07 Å². The fourth-order valence-corrected chi connectivity index (χ4v) is 2.16. The maximum absolute atomic E-state index is 5.82. The number of pyridine rings is 1. The van der Waals surface area contributed by atoms with Crippen LogP contribution in [0.25, 0.3) is 0 Å². The van der Waals surface area contributed by atoms with E-state index in [-0.39, 0.29) is 0 Å². The predicted molar refractivity (Wildman–Crippen MR) is 82.1 cm³/mol. The molecular formula is C16H21N3. The minimum absolute atomic E-state index is 0.731. The highest BCUT2D eigenvalue weighted by Gasteiger charge is 2.11. The van der Waals surface area contributed by atoms with Gasteiger partial charge in [-0.2, -0.15) is 0 Å². The lowest BCUT2D eigenvalue weighted by Gasteiger charge is -2.23. The molecule has 0 amide bonds. The molecule has 100 valence electrons. The van der Waals surface area contributed by atoms with Crippen LogP contribution < -0.4 is 10.6 Å². The van der Waals surface area contributed by atoms with Gasteiger partial charge in [0.2, 0.25) is 0 Å². The Morgan fingerprint density at radius 1 is 1.00 bits per heavy atom. The molecule has 0 radical (unpaired) electrons. The minimum atomic E-state index is 0.731. The molecule has 0 atom stereocenters. The number of nitrogens with two attached hydrogens (primary N) is 1. The van der Waals surface area contributed by atoms with Gasteiger partial charge in [-0.3, -0.25) is 0 Å². The Morgan fingerprint density at radius 2 is 1.68 bits per heavy atom. The van der Waals surface area contributed by atoms with Gasteiger partial charge in [-0.25, -0.2) is 4.98 Å². The van der Waals surface area contributed by atoms with Gasteiger partial charge in [0.05, 0.1) is 11.9 Å². The standard InChI is InChI=1S/C16H21N3/c1-10-6-7-15(13(4)12(10)3)19(5)16-8-11(2)14(17)9-18-16/h6-9H,17H2,1-5H3. The van der Waals surface area contributed by atoms with Crippen molar-refractivity contribution in [1.82, 2.24) is 4.98 Å². The van der Waals surface area contributed by atoms with Crippen molar-refractivity contribution in [2.45, 2.75) is 27.7 Å². The Balaban J connectivity index is 2.47. The van der Waals surface area contributed by atoms with E-state index in [0.717, 1.165) is 17.1 Å². The molecule has 1 heterocycles. The van der Waals surface area contributed by atoms with Crippen LogP contribution in [-0.4, -0.2) is 12.0 Å². The van der Waals surface area contributed by atoms with Crippen LogP contribution in [0.5, 0.6) is 0 Å². The highest BCUT2D eigenvalue weighted by Crippen LogP contribution is 2.29. The van der Waals surface area contributed by atoms with Crippen molar-refractivity contribution in [3.05, 3.63) is 46.6 Å². The number of nitrogen functional groups attached to an aromatic ring is 1. The Hall–Kier alpha value is -2.03. The molecule has 0 bridgehead atoms. The summed E-state index contributed by atoms with van der Waals surface area (Å²) in [7, 11) is 2.04. The summed E-state index contributed by atoms with van der Waals surface area (Å²) in [6, 6.07) is 6.31. The number of benzene rings is 1. The van der Waals surface area contributed by atoms with Crippen LogP contribution in [0.15, 0.2) is 24.4 Å². The zero-order valence-electron chi connectivity index (χ0n) is 12.3. The quantitative estimate of drug-likeness (QED) is 0.890. The molecule has 0 spiro atoms. The van der Waals surface area contributed by atoms with Crippen LogP contribution in [0.2, 0.25) is 0 Å². The zero-order valence-corrected chi connectivity index (χ0v) is 12.3. The second-order valence-corrected chi connectivity index (χ2v) is 5.11. The molecule has 1 aromatic heterocycles.